The molecule has 4 heteroatoms. The molecule has 2 heterocycles. The van der Waals surface area contributed by atoms with E-state index in [2.05, 4.69) is 16.8 Å². The molecule has 2 aliphatic rings. The highest BCUT2D eigenvalue weighted by Gasteiger charge is 2.29. The molecule has 2 N–H and O–H groups in total. The summed E-state index contributed by atoms with van der Waals surface area (Å²) in [6.45, 7) is 4.56. The minimum Gasteiger partial charge on any atom is -0.489 e. The largest absolute Gasteiger partial charge is 0.489 e. The van der Waals surface area contributed by atoms with Crippen LogP contribution in [0.4, 0.5) is 11.4 Å². The highest BCUT2D eigenvalue weighted by Crippen LogP contribution is 2.38. The molecule has 0 saturated heterocycles. The molecule has 1 aromatic rings. The van der Waals surface area contributed by atoms with Crippen molar-refractivity contribution in [2.24, 2.45) is 4.99 Å². The molecule has 4 nitrogen and oxygen atoms in total. The van der Waals surface area contributed by atoms with Crippen molar-refractivity contribution in [2.45, 2.75) is 13.0 Å². The zero-order chi connectivity index (χ0) is 11.1. The molecule has 1 aromatic carbocycles. The van der Waals surface area contributed by atoms with Gasteiger partial charge in [-0.1, -0.05) is 0 Å². The number of nitrogens with zero attached hydrogens (tertiary/aromatic N) is 2. The van der Waals surface area contributed by atoms with Crippen LogP contribution in [0.5, 0.6) is 5.75 Å². The molecule has 16 heavy (non-hydrogen) atoms. The van der Waals surface area contributed by atoms with Gasteiger partial charge in [0.25, 0.3) is 0 Å². The van der Waals surface area contributed by atoms with Crippen LogP contribution in [0, 0.1) is 6.92 Å². The van der Waals surface area contributed by atoms with E-state index >= 15 is 0 Å². The van der Waals surface area contributed by atoms with Crippen LogP contribution in [-0.2, 0) is 0 Å². The van der Waals surface area contributed by atoms with Gasteiger partial charge in [-0.2, -0.15) is 0 Å². The van der Waals surface area contributed by atoms with Crippen molar-refractivity contribution in [2.75, 3.05) is 30.3 Å². The lowest BCUT2D eigenvalue weighted by atomic mass is 10.1. The van der Waals surface area contributed by atoms with Gasteiger partial charge in [-0.3, -0.25) is 4.99 Å². The molecule has 0 bridgehead atoms. The maximum absolute atomic E-state index is 5.83. The van der Waals surface area contributed by atoms with E-state index in [1.54, 1.807) is 0 Å². The van der Waals surface area contributed by atoms with E-state index in [1.807, 2.05) is 18.3 Å². The Kier molecular flexibility index (Phi) is 2.02. The standard InChI is InChI=1S/C12H15N3O/c1-8-4-9(13)5-11-12(8)15-3-2-14-6-10(15)7-16-11/h4-6,10H,2-3,7,13H2,1H3/t10-/m0/s1. The summed E-state index contributed by atoms with van der Waals surface area (Å²) in [7, 11) is 0. The van der Waals surface area contributed by atoms with Crippen LogP contribution < -0.4 is 15.4 Å². The second-order valence-electron chi connectivity index (χ2n) is 4.31. The topological polar surface area (TPSA) is 50.8 Å². The van der Waals surface area contributed by atoms with Crippen LogP contribution in [-0.4, -0.2) is 32.0 Å². The first-order valence-electron chi connectivity index (χ1n) is 5.55. The molecule has 84 valence electrons. The summed E-state index contributed by atoms with van der Waals surface area (Å²) >= 11 is 0. The Morgan fingerprint density at radius 2 is 2.38 bits per heavy atom. The van der Waals surface area contributed by atoms with Gasteiger partial charge in [0.1, 0.15) is 12.4 Å². The number of rotatable bonds is 0. The number of aliphatic imine (C=N–C) groups is 1. The summed E-state index contributed by atoms with van der Waals surface area (Å²) in [6.07, 6.45) is 1.99. The van der Waals surface area contributed by atoms with Gasteiger partial charge in [-0.15, -0.1) is 0 Å². The second kappa shape index (κ2) is 3.40. The predicted octanol–water partition coefficient (Wildman–Crippen LogP) is 1.23. The molecular weight excluding hydrogens is 202 g/mol. The minimum absolute atomic E-state index is 0.281. The van der Waals surface area contributed by atoms with E-state index in [-0.39, 0.29) is 6.04 Å². The number of hydrogen-bond donors (Lipinski definition) is 1. The fraction of sp³-hybridized carbons (Fsp3) is 0.417. The lowest BCUT2D eigenvalue weighted by Crippen LogP contribution is -2.48. The molecular formula is C12H15N3O. The minimum atomic E-state index is 0.281. The lowest BCUT2D eigenvalue weighted by Gasteiger charge is -2.39. The first-order valence-corrected chi connectivity index (χ1v) is 5.55. The molecule has 0 fully saturated rings. The van der Waals surface area contributed by atoms with Gasteiger partial charge >= 0.3 is 0 Å². The van der Waals surface area contributed by atoms with Crippen molar-refractivity contribution in [3.63, 3.8) is 0 Å². The normalized spacial score (nSPS) is 22.3. The van der Waals surface area contributed by atoms with Crippen LogP contribution in [0.15, 0.2) is 17.1 Å². The second-order valence-corrected chi connectivity index (χ2v) is 4.31. The highest BCUT2D eigenvalue weighted by atomic mass is 16.5. The molecule has 0 amide bonds. The van der Waals surface area contributed by atoms with E-state index < -0.39 is 0 Å². The third kappa shape index (κ3) is 1.33. The number of benzene rings is 1. The Balaban J connectivity index is 2.11. The molecule has 3 rings (SSSR count). The fourth-order valence-corrected chi connectivity index (χ4v) is 2.45. The number of fused-ring (bicyclic) bond motifs is 3. The van der Waals surface area contributed by atoms with E-state index in [4.69, 9.17) is 10.5 Å². The fourth-order valence-electron chi connectivity index (χ4n) is 2.45. The van der Waals surface area contributed by atoms with Gasteiger partial charge in [-0.25, -0.2) is 0 Å². The first kappa shape index (κ1) is 9.51. The van der Waals surface area contributed by atoms with Crippen molar-refractivity contribution in [3.05, 3.63) is 17.7 Å². The summed E-state index contributed by atoms with van der Waals surface area (Å²) in [5, 5.41) is 0. The van der Waals surface area contributed by atoms with Crippen molar-refractivity contribution >= 4 is 17.6 Å². The van der Waals surface area contributed by atoms with Crippen LogP contribution in [0.25, 0.3) is 0 Å². The molecule has 0 saturated carbocycles. The van der Waals surface area contributed by atoms with Crippen molar-refractivity contribution in [1.82, 2.24) is 0 Å². The summed E-state index contributed by atoms with van der Waals surface area (Å²) in [5.41, 5.74) is 8.94. The SMILES string of the molecule is Cc1cc(N)cc2c1N1CCN=C[C@H]1CO2. The molecule has 2 aliphatic heterocycles. The zero-order valence-electron chi connectivity index (χ0n) is 9.31. The van der Waals surface area contributed by atoms with Gasteiger partial charge in [-0.05, 0) is 18.6 Å². The maximum atomic E-state index is 5.83. The molecule has 0 spiro atoms. The van der Waals surface area contributed by atoms with Gasteiger partial charge in [0, 0.05) is 24.5 Å². The number of hydrogen-bond acceptors (Lipinski definition) is 4. The van der Waals surface area contributed by atoms with Crippen LogP contribution in [0.1, 0.15) is 5.56 Å². The average Bonchev–Trinajstić information content (AvgIpc) is 2.28. The summed E-state index contributed by atoms with van der Waals surface area (Å²) in [4.78, 5) is 6.67. The van der Waals surface area contributed by atoms with Crippen molar-refractivity contribution in [3.8, 4) is 5.75 Å². The van der Waals surface area contributed by atoms with Crippen LogP contribution in [0.2, 0.25) is 0 Å². The van der Waals surface area contributed by atoms with Crippen LogP contribution >= 0.6 is 0 Å². The van der Waals surface area contributed by atoms with Crippen LogP contribution in [0.3, 0.4) is 0 Å². The summed E-state index contributed by atoms with van der Waals surface area (Å²) in [6, 6.07) is 4.18. The van der Waals surface area contributed by atoms with E-state index in [1.165, 1.54) is 11.3 Å². The Hall–Kier alpha value is -1.71. The monoisotopic (exact) mass is 217 g/mol. The average molecular weight is 217 g/mol. The number of aryl methyl sites for hydroxylation is 1. The molecule has 1 atom stereocenters. The molecule has 0 aliphatic carbocycles. The van der Waals surface area contributed by atoms with Crippen molar-refractivity contribution in [1.29, 1.82) is 0 Å². The summed E-state index contributed by atoms with van der Waals surface area (Å²) in [5.74, 6) is 0.907. The predicted molar refractivity (Wildman–Crippen MR) is 65.6 cm³/mol. The molecule has 0 aromatic heterocycles. The Morgan fingerprint density at radius 1 is 1.50 bits per heavy atom. The molecule has 0 unspecified atom stereocenters. The third-order valence-corrected chi connectivity index (χ3v) is 3.13. The maximum Gasteiger partial charge on any atom is 0.145 e. The Morgan fingerprint density at radius 3 is 3.25 bits per heavy atom. The lowest BCUT2D eigenvalue weighted by molar-refractivity contribution is 0.288. The number of nitrogen functional groups attached to an aromatic ring is 1. The Bertz CT molecular complexity index is 456. The van der Waals surface area contributed by atoms with E-state index in [9.17, 15) is 0 Å². The summed E-state index contributed by atoms with van der Waals surface area (Å²) < 4.78 is 5.74. The number of ether oxygens (including phenoxy) is 1. The van der Waals surface area contributed by atoms with E-state index in [0.29, 0.717) is 6.61 Å². The van der Waals surface area contributed by atoms with Crippen molar-refractivity contribution < 1.29 is 4.74 Å². The highest BCUT2D eigenvalue weighted by molar-refractivity contribution is 5.79. The van der Waals surface area contributed by atoms with Gasteiger partial charge < -0.3 is 15.4 Å². The van der Waals surface area contributed by atoms with E-state index in [0.717, 1.165) is 24.5 Å². The Labute approximate surface area is 94.7 Å². The molecule has 0 radical (unpaired) electrons. The van der Waals surface area contributed by atoms with Gasteiger partial charge in [0.05, 0.1) is 18.3 Å². The quantitative estimate of drug-likeness (QED) is 0.665. The zero-order valence-corrected chi connectivity index (χ0v) is 9.31. The third-order valence-electron chi connectivity index (χ3n) is 3.13. The van der Waals surface area contributed by atoms with Gasteiger partial charge in [0.15, 0.2) is 0 Å². The smallest absolute Gasteiger partial charge is 0.145 e. The first-order chi connectivity index (χ1) is 7.75. The van der Waals surface area contributed by atoms with Gasteiger partial charge in [0.2, 0.25) is 0 Å². The number of nitrogens with two attached hydrogens (primary N) is 1. The number of anilines is 2.